The molecule has 110 valence electrons. The molecule has 0 spiro atoms. The van der Waals surface area contributed by atoms with Crippen LogP contribution in [0.3, 0.4) is 0 Å². The molecule has 0 unspecified atom stereocenters. The van der Waals surface area contributed by atoms with Crippen molar-refractivity contribution in [2.75, 3.05) is 26.0 Å². The van der Waals surface area contributed by atoms with Gasteiger partial charge in [-0.2, -0.15) is 0 Å². The normalized spacial score (nSPS) is 19.9. The average Bonchev–Trinajstić information content (AvgIpc) is 2.36. The van der Waals surface area contributed by atoms with E-state index in [9.17, 15) is 13.2 Å². The van der Waals surface area contributed by atoms with Gasteiger partial charge < -0.3 is 10.5 Å². The van der Waals surface area contributed by atoms with Crippen LogP contribution in [0.15, 0.2) is 0 Å². The van der Waals surface area contributed by atoms with Crippen LogP contribution in [0.4, 0.5) is 0 Å². The van der Waals surface area contributed by atoms with Crippen LogP contribution in [0.25, 0.3) is 0 Å². The molecule has 0 bridgehead atoms. The summed E-state index contributed by atoms with van der Waals surface area (Å²) in [7, 11) is -2.18. The molecule has 8 heteroatoms. The second-order valence-electron chi connectivity index (χ2n) is 4.97. The SMILES string of the molecule is COC(=O)CCS(=O)(=O)N1CCC(C)(C(N)=S)CC1. The summed E-state index contributed by atoms with van der Waals surface area (Å²) in [6.07, 6.45) is 1.10. The zero-order valence-corrected chi connectivity index (χ0v) is 12.8. The van der Waals surface area contributed by atoms with E-state index in [4.69, 9.17) is 18.0 Å². The van der Waals surface area contributed by atoms with Crippen LogP contribution >= 0.6 is 12.2 Å². The highest BCUT2D eigenvalue weighted by atomic mass is 32.2. The van der Waals surface area contributed by atoms with Crippen molar-refractivity contribution in [3.05, 3.63) is 0 Å². The molecule has 6 nitrogen and oxygen atoms in total. The van der Waals surface area contributed by atoms with Gasteiger partial charge in [-0.05, 0) is 12.8 Å². The second kappa shape index (κ2) is 6.15. The van der Waals surface area contributed by atoms with E-state index in [1.54, 1.807) is 0 Å². The first-order valence-corrected chi connectivity index (χ1v) is 8.07. The van der Waals surface area contributed by atoms with Gasteiger partial charge in [-0.1, -0.05) is 19.1 Å². The molecular weight excluding hydrogens is 288 g/mol. The van der Waals surface area contributed by atoms with E-state index >= 15 is 0 Å². The van der Waals surface area contributed by atoms with Gasteiger partial charge in [-0.3, -0.25) is 4.79 Å². The van der Waals surface area contributed by atoms with Crippen LogP contribution < -0.4 is 5.73 Å². The van der Waals surface area contributed by atoms with Gasteiger partial charge in [-0.15, -0.1) is 0 Å². The van der Waals surface area contributed by atoms with E-state index in [-0.39, 0.29) is 17.6 Å². The van der Waals surface area contributed by atoms with Gasteiger partial charge in [-0.25, -0.2) is 12.7 Å². The standard InChI is InChI=1S/C11H20N2O4S2/c1-11(10(12)18)4-6-13(7-5-11)19(15,16)8-3-9(14)17-2/h3-8H2,1-2H3,(H2,12,18). The van der Waals surface area contributed by atoms with Gasteiger partial charge in [0.15, 0.2) is 0 Å². The van der Waals surface area contributed by atoms with Gasteiger partial charge in [0.05, 0.1) is 24.3 Å². The number of carbonyl (C=O) groups excluding carboxylic acids is 1. The molecule has 0 aromatic rings. The summed E-state index contributed by atoms with van der Waals surface area (Å²) in [5.74, 6) is -0.739. The molecule has 1 fully saturated rings. The Labute approximate surface area is 119 Å². The first-order chi connectivity index (χ1) is 8.71. The fourth-order valence-corrected chi connectivity index (χ4v) is 3.57. The van der Waals surface area contributed by atoms with Crippen molar-refractivity contribution >= 4 is 33.2 Å². The number of hydrogen-bond donors (Lipinski definition) is 1. The summed E-state index contributed by atoms with van der Waals surface area (Å²) in [4.78, 5) is 11.4. The number of rotatable bonds is 5. The van der Waals surface area contributed by atoms with E-state index in [0.29, 0.717) is 30.9 Å². The minimum atomic E-state index is -3.42. The fraction of sp³-hybridized carbons (Fsp3) is 0.818. The fourth-order valence-electron chi connectivity index (χ4n) is 1.95. The molecule has 1 aliphatic heterocycles. The zero-order valence-electron chi connectivity index (χ0n) is 11.2. The molecule has 0 saturated carbocycles. The molecular formula is C11H20N2O4S2. The lowest BCUT2D eigenvalue weighted by molar-refractivity contribution is -0.140. The Kier molecular flexibility index (Phi) is 5.28. The first kappa shape index (κ1) is 16.3. The van der Waals surface area contributed by atoms with Crippen molar-refractivity contribution < 1.29 is 17.9 Å². The maximum absolute atomic E-state index is 12.0. The van der Waals surface area contributed by atoms with Crippen LogP contribution in [0, 0.1) is 5.41 Å². The topological polar surface area (TPSA) is 89.7 Å². The second-order valence-corrected chi connectivity index (χ2v) is 7.49. The average molecular weight is 308 g/mol. The number of piperidine rings is 1. The lowest BCUT2D eigenvalue weighted by Crippen LogP contribution is -2.47. The molecule has 1 heterocycles. The summed E-state index contributed by atoms with van der Waals surface area (Å²) < 4.78 is 29.9. The number of sulfonamides is 1. The van der Waals surface area contributed by atoms with Gasteiger partial charge in [0.1, 0.15) is 0 Å². The van der Waals surface area contributed by atoms with Crippen molar-refractivity contribution in [2.24, 2.45) is 11.1 Å². The molecule has 1 aliphatic rings. The highest BCUT2D eigenvalue weighted by Crippen LogP contribution is 2.32. The largest absolute Gasteiger partial charge is 0.469 e. The number of esters is 1. The number of methoxy groups -OCH3 is 1. The van der Waals surface area contributed by atoms with E-state index in [1.807, 2.05) is 6.92 Å². The molecule has 1 rings (SSSR count). The molecule has 0 radical (unpaired) electrons. The van der Waals surface area contributed by atoms with Gasteiger partial charge in [0, 0.05) is 18.5 Å². The van der Waals surface area contributed by atoms with Crippen LogP contribution in [0.2, 0.25) is 0 Å². The maximum atomic E-state index is 12.0. The van der Waals surface area contributed by atoms with Crippen LogP contribution in [0.1, 0.15) is 26.2 Å². The minimum Gasteiger partial charge on any atom is -0.469 e. The van der Waals surface area contributed by atoms with Gasteiger partial charge in [0.25, 0.3) is 0 Å². The lowest BCUT2D eigenvalue weighted by Gasteiger charge is -2.37. The number of ether oxygens (including phenoxy) is 1. The molecule has 0 atom stereocenters. The number of carbonyl (C=O) groups is 1. The Morgan fingerprint density at radius 1 is 1.42 bits per heavy atom. The summed E-state index contributed by atoms with van der Waals surface area (Å²) in [5, 5.41) is 0. The van der Waals surface area contributed by atoms with E-state index in [2.05, 4.69) is 4.74 Å². The number of nitrogens with zero attached hydrogens (tertiary/aromatic N) is 1. The Balaban J connectivity index is 2.59. The summed E-state index contributed by atoms with van der Waals surface area (Å²) in [6, 6.07) is 0. The van der Waals surface area contributed by atoms with Crippen molar-refractivity contribution in [3.63, 3.8) is 0 Å². The van der Waals surface area contributed by atoms with E-state index in [0.717, 1.165) is 0 Å². The number of nitrogens with two attached hydrogens (primary N) is 1. The third-order valence-corrected chi connectivity index (χ3v) is 5.97. The highest BCUT2D eigenvalue weighted by Gasteiger charge is 2.36. The number of hydrogen-bond acceptors (Lipinski definition) is 5. The molecule has 1 saturated heterocycles. The summed E-state index contributed by atoms with van der Waals surface area (Å²) in [5.41, 5.74) is 5.40. The highest BCUT2D eigenvalue weighted by molar-refractivity contribution is 7.89. The molecule has 0 amide bonds. The lowest BCUT2D eigenvalue weighted by atomic mass is 9.81. The van der Waals surface area contributed by atoms with E-state index < -0.39 is 16.0 Å². The molecule has 19 heavy (non-hydrogen) atoms. The first-order valence-electron chi connectivity index (χ1n) is 6.06. The zero-order chi connectivity index (χ0) is 14.7. The third kappa shape index (κ3) is 4.12. The predicted octanol–water partition coefficient (Wildman–Crippen LogP) is 0.268. The maximum Gasteiger partial charge on any atom is 0.306 e. The minimum absolute atomic E-state index is 0.123. The Morgan fingerprint density at radius 2 is 1.95 bits per heavy atom. The Morgan fingerprint density at radius 3 is 2.37 bits per heavy atom. The number of thiocarbonyl (C=S) groups is 1. The van der Waals surface area contributed by atoms with Gasteiger partial charge in [0.2, 0.25) is 10.0 Å². The quantitative estimate of drug-likeness (QED) is 0.579. The molecule has 0 aromatic carbocycles. The van der Waals surface area contributed by atoms with Crippen molar-refractivity contribution in [1.82, 2.24) is 4.31 Å². The predicted molar refractivity (Wildman–Crippen MR) is 76.1 cm³/mol. The van der Waals surface area contributed by atoms with Crippen LogP contribution in [0.5, 0.6) is 0 Å². The van der Waals surface area contributed by atoms with E-state index in [1.165, 1.54) is 11.4 Å². The van der Waals surface area contributed by atoms with Crippen molar-refractivity contribution in [2.45, 2.75) is 26.2 Å². The monoisotopic (exact) mass is 308 g/mol. The smallest absolute Gasteiger partial charge is 0.306 e. The van der Waals surface area contributed by atoms with Crippen LogP contribution in [-0.2, 0) is 19.6 Å². The molecule has 0 aliphatic carbocycles. The molecule has 0 aromatic heterocycles. The van der Waals surface area contributed by atoms with Gasteiger partial charge >= 0.3 is 5.97 Å². The Hall–Kier alpha value is -0.730. The third-order valence-electron chi connectivity index (χ3n) is 3.61. The van der Waals surface area contributed by atoms with Crippen LogP contribution in [-0.4, -0.2) is 49.6 Å². The molecule has 2 N–H and O–H groups in total. The van der Waals surface area contributed by atoms with Crippen molar-refractivity contribution in [1.29, 1.82) is 0 Å². The summed E-state index contributed by atoms with van der Waals surface area (Å²) >= 11 is 5.01. The summed E-state index contributed by atoms with van der Waals surface area (Å²) in [6.45, 7) is 2.72. The Bertz CT molecular complexity index is 453. The van der Waals surface area contributed by atoms with Crippen molar-refractivity contribution in [3.8, 4) is 0 Å².